The molecule has 2 N–H and O–H groups in total. The maximum absolute atomic E-state index is 10.8. The summed E-state index contributed by atoms with van der Waals surface area (Å²) in [6, 6.07) is 5.70. The molecule has 1 aromatic carbocycles. The first-order valence-corrected chi connectivity index (χ1v) is 4.62. The van der Waals surface area contributed by atoms with Crippen LogP contribution in [-0.4, -0.2) is 18.1 Å². The molecule has 0 saturated heterocycles. The second-order valence-corrected chi connectivity index (χ2v) is 3.19. The second-order valence-electron chi connectivity index (χ2n) is 3.19. The Morgan fingerprint density at radius 2 is 2.31 bits per heavy atom. The maximum Gasteiger partial charge on any atom is 0.218 e. The molecule has 1 amide bonds. The van der Waals surface area contributed by atoms with Crippen LogP contribution >= 0.6 is 0 Å². The van der Waals surface area contributed by atoms with Gasteiger partial charge in [0, 0.05) is 6.92 Å². The number of rotatable bonds is 3. The van der Waals surface area contributed by atoms with Crippen molar-refractivity contribution in [3.05, 3.63) is 23.8 Å². The number of nitriles is 1. The molecule has 0 fully saturated rings. The van der Waals surface area contributed by atoms with Crippen LogP contribution in [0.5, 0.6) is 11.5 Å². The fourth-order valence-corrected chi connectivity index (χ4v) is 1.28. The van der Waals surface area contributed by atoms with E-state index in [0.29, 0.717) is 11.3 Å². The third-order valence-corrected chi connectivity index (χ3v) is 2.01. The van der Waals surface area contributed by atoms with Gasteiger partial charge in [-0.05, 0) is 17.7 Å². The predicted octanol–water partition coefficient (Wildman–Crippen LogP) is 1.10. The lowest BCUT2D eigenvalue weighted by Gasteiger charge is -2.11. The lowest BCUT2D eigenvalue weighted by Crippen LogP contribution is -2.24. The summed E-state index contributed by atoms with van der Waals surface area (Å²) in [5.41, 5.74) is 0.510. The topological polar surface area (TPSA) is 82.3 Å². The molecule has 0 bridgehead atoms. The van der Waals surface area contributed by atoms with E-state index in [1.165, 1.54) is 26.2 Å². The molecule has 16 heavy (non-hydrogen) atoms. The summed E-state index contributed by atoms with van der Waals surface area (Å²) in [4.78, 5) is 10.8. The first-order valence-electron chi connectivity index (χ1n) is 4.62. The van der Waals surface area contributed by atoms with Crippen LogP contribution in [0.3, 0.4) is 0 Å². The van der Waals surface area contributed by atoms with Crippen molar-refractivity contribution in [3.63, 3.8) is 0 Å². The molecule has 84 valence electrons. The molecule has 1 atom stereocenters. The molecule has 0 saturated carbocycles. The van der Waals surface area contributed by atoms with Gasteiger partial charge < -0.3 is 15.2 Å². The zero-order valence-electron chi connectivity index (χ0n) is 9.02. The van der Waals surface area contributed by atoms with E-state index in [9.17, 15) is 9.90 Å². The van der Waals surface area contributed by atoms with Gasteiger partial charge in [0.1, 0.15) is 6.04 Å². The minimum Gasteiger partial charge on any atom is -0.504 e. The van der Waals surface area contributed by atoms with Crippen LogP contribution in [-0.2, 0) is 4.79 Å². The monoisotopic (exact) mass is 220 g/mol. The highest BCUT2D eigenvalue weighted by Gasteiger charge is 2.13. The quantitative estimate of drug-likeness (QED) is 0.799. The average Bonchev–Trinajstić information content (AvgIpc) is 2.25. The van der Waals surface area contributed by atoms with E-state index in [2.05, 4.69) is 5.32 Å². The Hall–Kier alpha value is -2.22. The van der Waals surface area contributed by atoms with Crippen molar-refractivity contribution in [1.29, 1.82) is 5.26 Å². The number of carbonyl (C=O) groups excluding carboxylic acids is 1. The van der Waals surface area contributed by atoms with Crippen LogP contribution in [0, 0.1) is 11.3 Å². The van der Waals surface area contributed by atoms with Crippen LogP contribution in [0.1, 0.15) is 18.5 Å². The highest BCUT2D eigenvalue weighted by atomic mass is 16.5. The average molecular weight is 220 g/mol. The third kappa shape index (κ3) is 2.64. The normalized spacial score (nSPS) is 11.3. The lowest BCUT2D eigenvalue weighted by molar-refractivity contribution is -0.119. The van der Waals surface area contributed by atoms with Gasteiger partial charge in [0.15, 0.2) is 11.5 Å². The minimum absolute atomic E-state index is 0.0643. The van der Waals surface area contributed by atoms with E-state index < -0.39 is 6.04 Å². The van der Waals surface area contributed by atoms with E-state index in [-0.39, 0.29) is 11.7 Å². The Kier molecular flexibility index (Phi) is 3.72. The Morgan fingerprint density at radius 1 is 1.62 bits per heavy atom. The molecule has 0 aliphatic rings. The molecule has 0 aliphatic heterocycles. The first-order chi connectivity index (χ1) is 7.58. The molecule has 0 radical (unpaired) electrons. The first kappa shape index (κ1) is 11.9. The number of benzene rings is 1. The molecule has 1 unspecified atom stereocenters. The number of hydrogen-bond donors (Lipinski definition) is 2. The van der Waals surface area contributed by atoms with Crippen molar-refractivity contribution in [2.75, 3.05) is 7.11 Å². The van der Waals surface area contributed by atoms with Gasteiger partial charge in [-0.15, -0.1) is 0 Å². The third-order valence-electron chi connectivity index (χ3n) is 2.01. The number of amides is 1. The van der Waals surface area contributed by atoms with Crippen LogP contribution in [0.4, 0.5) is 0 Å². The summed E-state index contributed by atoms with van der Waals surface area (Å²) in [6.07, 6.45) is 0. The van der Waals surface area contributed by atoms with Crippen LogP contribution in [0.25, 0.3) is 0 Å². The highest BCUT2D eigenvalue weighted by molar-refractivity contribution is 5.74. The van der Waals surface area contributed by atoms with Gasteiger partial charge in [-0.2, -0.15) is 5.26 Å². The Labute approximate surface area is 93.3 Å². The molecular weight excluding hydrogens is 208 g/mol. The van der Waals surface area contributed by atoms with Gasteiger partial charge in [0.25, 0.3) is 0 Å². The van der Waals surface area contributed by atoms with Crippen molar-refractivity contribution >= 4 is 5.91 Å². The van der Waals surface area contributed by atoms with E-state index in [1.807, 2.05) is 6.07 Å². The molecule has 1 aromatic rings. The van der Waals surface area contributed by atoms with E-state index in [1.54, 1.807) is 6.07 Å². The summed E-state index contributed by atoms with van der Waals surface area (Å²) in [5.74, 6) is -0.0456. The van der Waals surface area contributed by atoms with Crippen molar-refractivity contribution in [2.24, 2.45) is 0 Å². The van der Waals surface area contributed by atoms with Crippen molar-refractivity contribution in [3.8, 4) is 17.6 Å². The number of nitrogens with one attached hydrogen (secondary N) is 1. The predicted molar refractivity (Wildman–Crippen MR) is 56.8 cm³/mol. The zero-order chi connectivity index (χ0) is 12.1. The van der Waals surface area contributed by atoms with E-state index >= 15 is 0 Å². The molecule has 0 aromatic heterocycles. The van der Waals surface area contributed by atoms with Gasteiger partial charge in [0.2, 0.25) is 5.91 Å². The minimum atomic E-state index is -0.769. The number of phenolic OH excluding ortho intramolecular Hbond substituents is 1. The second kappa shape index (κ2) is 5.03. The summed E-state index contributed by atoms with van der Waals surface area (Å²) < 4.78 is 4.87. The summed E-state index contributed by atoms with van der Waals surface area (Å²) >= 11 is 0. The van der Waals surface area contributed by atoms with Gasteiger partial charge >= 0.3 is 0 Å². The number of phenols is 1. The van der Waals surface area contributed by atoms with Gasteiger partial charge in [0.05, 0.1) is 13.2 Å². The Balaban J connectivity index is 2.99. The van der Waals surface area contributed by atoms with Gasteiger partial charge in [-0.25, -0.2) is 0 Å². The number of aromatic hydroxyl groups is 1. The van der Waals surface area contributed by atoms with Crippen LogP contribution in [0.15, 0.2) is 18.2 Å². The maximum atomic E-state index is 10.8. The lowest BCUT2D eigenvalue weighted by atomic mass is 10.1. The van der Waals surface area contributed by atoms with E-state index in [0.717, 1.165) is 0 Å². The molecule has 5 nitrogen and oxygen atoms in total. The van der Waals surface area contributed by atoms with Crippen molar-refractivity contribution < 1.29 is 14.6 Å². The molecule has 0 heterocycles. The smallest absolute Gasteiger partial charge is 0.218 e. The Bertz CT molecular complexity index is 437. The zero-order valence-corrected chi connectivity index (χ0v) is 9.02. The number of ether oxygens (including phenoxy) is 1. The Morgan fingerprint density at radius 3 is 2.75 bits per heavy atom. The molecule has 5 heteroatoms. The summed E-state index contributed by atoms with van der Waals surface area (Å²) in [7, 11) is 1.43. The van der Waals surface area contributed by atoms with Crippen molar-refractivity contribution in [2.45, 2.75) is 13.0 Å². The molecular formula is C11H12N2O3. The molecule has 1 rings (SSSR count). The molecule has 0 spiro atoms. The summed E-state index contributed by atoms with van der Waals surface area (Å²) in [5, 5.41) is 20.8. The summed E-state index contributed by atoms with van der Waals surface area (Å²) in [6.45, 7) is 1.33. The molecule has 0 aliphatic carbocycles. The SMILES string of the molecule is COc1ccc(C(C#N)NC(C)=O)cc1O. The van der Waals surface area contributed by atoms with Gasteiger partial charge in [-0.1, -0.05) is 6.07 Å². The van der Waals surface area contributed by atoms with Gasteiger partial charge in [-0.3, -0.25) is 4.79 Å². The van der Waals surface area contributed by atoms with Crippen molar-refractivity contribution in [1.82, 2.24) is 5.32 Å². The number of carbonyl (C=O) groups is 1. The van der Waals surface area contributed by atoms with Crippen LogP contribution in [0.2, 0.25) is 0 Å². The van der Waals surface area contributed by atoms with Crippen LogP contribution < -0.4 is 10.1 Å². The highest BCUT2D eigenvalue weighted by Crippen LogP contribution is 2.28. The number of hydrogen-bond acceptors (Lipinski definition) is 4. The number of methoxy groups -OCH3 is 1. The standard InChI is InChI=1S/C11H12N2O3/c1-7(14)13-9(6-12)8-3-4-11(16-2)10(15)5-8/h3-5,9,15H,1-2H3,(H,13,14). The fourth-order valence-electron chi connectivity index (χ4n) is 1.28. The fraction of sp³-hybridized carbons (Fsp3) is 0.273. The largest absolute Gasteiger partial charge is 0.504 e. The number of nitrogens with zero attached hydrogens (tertiary/aromatic N) is 1. The van der Waals surface area contributed by atoms with E-state index in [4.69, 9.17) is 10.00 Å².